The average molecular weight is 178 g/mol. The first-order valence-corrected chi connectivity index (χ1v) is 4.03. The largest absolute Gasteiger partial charge is 0.512 e. The molecule has 0 saturated heterocycles. The zero-order chi connectivity index (χ0) is 9.47. The van der Waals surface area contributed by atoms with Gasteiger partial charge in [0.15, 0.2) is 0 Å². The number of aliphatic hydroxyl groups is 3. The van der Waals surface area contributed by atoms with Crippen molar-refractivity contribution in [2.24, 2.45) is 0 Å². The van der Waals surface area contributed by atoms with E-state index in [0.29, 0.717) is 5.57 Å². The third kappa shape index (κ3) is 1.17. The molecule has 0 spiro atoms. The molecule has 3 N–H and O–H groups in total. The molecule has 2 aliphatic rings. The Morgan fingerprint density at radius 2 is 2.00 bits per heavy atom. The van der Waals surface area contributed by atoms with Gasteiger partial charge in [0.05, 0.1) is 5.76 Å². The molecule has 3 nitrogen and oxygen atoms in total. The van der Waals surface area contributed by atoms with Gasteiger partial charge in [0.2, 0.25) is 0 Å². The average Bonchev–Trinajstić information content (AvgIpc) is 2.01. The number of aliphatic hydroxyl groups excluding tert-OH is 2. The van der Waals surface area contributed by atoms with E-state index in [1.807, 2.05) is 0 Å². The van der Waals surface area contributed by atoms with Crippen molar-refractivity contribution in [2.45, 2.75) is 12.0 Å². The first kappa shape index (κ1) is 8.13. The van der Waals surface area contributed by atoms with Gasteiger partial charge in [-0.1, -0.05) is 18.2 Å². The highest BCUT2D eigenvalue weighted by atomic mass is 16.3. The van der Waals surface area contributed by atoms with E-state index in [0.717, 1.165) is 0 Å². The zero-order valence-electron chi connectivity index (χ0n) is 6.94. The highest BCUT2D eigenvalue weighted by Crippen LogP contribution is 2.35. The molecule has 68 valence electrons. The number of allylic oxidation sites excluding steroid dienone is 3. The second kappa shape index (κ2) is 2.50. The van der Waals surface area contributed by atoms with Gasteiger partial charge in [-0.15, -0.1) is 0 Å². The fourth-order valence-electron chi connectivity index (χ4n) is 1.62. The van der Waals surface area contributed by atoms with Crippen molar-refractivity contribution < 1.29 is 15.3 Å². The first-order valence-electron chi connectivity index (χ1n) is 4.03. The van der Waals surface area contributed by atoms with Crippen LogP contribution in [-0.4, -0.2) is 20.9 Å². The van der Waals surface area contributed by atoms with E-state index in [1.165, 1.54) is 6.08 Å². The molecule has 0 heterocycles. The molecule has 0 aromatic rings. The Labute approximate surface area is 75.6 Å². The van der Waals surface area contributed by atoms with Gasteiger partial charge < -0.3 is 15.3 Å². The molecule has 1 atom stereocenters. The second-order valence-corrected chi connectivity index (χ2v) is 3.25. The molecule has 0 aromatic heterocycles. The molecular formula is C10H10O3. The molecule has 1 unspecified atom stereocenters. The molecule has 2 aliphatic carbocycles. The van der Waals surface area contributed by atoms with Crippen LogP contribution in [0.15, 0.2) is 47.5 Å². The Morgan fingerprint density at radius 3 is 2.77 bits per heavy atom. The van der Waals surface area contributed by atoms with Crippen molar-refractivity contribution in [2.75, 3.05) is 0 Å². The molecule has 3 heteroatoms. The molecular weight excluding hydrogens is 168 g/mol. The van der Waals surface area contributed by atoms with Crippen molar-refractivity contribution in [3.63, 3.8) is 0 Å². The van der Waals surface area contributed by atoms with Crippen LogP contribution < -0.4 is 0 Å². The summed E-state index contributed by atoms with van der Waals surface area (Å²) >= 11 is 0. The Balaban J connectivity index is 2.55. The van der Waals surface area contributed by atoms with Crippen molar-refractivity contribution in [1.29, 1.82) is 0 Å². The lowest BCUT2D eigenvalue weighted by molar-refractivity contribution is 0.109. The molecule has 0 amide bonds. The van der Waals surface area contributed by atoms with Crippen LogP contribution in [0.1, 0.15) is 6.42 Å². The van der Waals surface area contributed by atoms with Gasteiger partial charge in [-0.3, -0.25) is 0 Å². The lowest BCUT2D eigenvalue weighted by atomic mass is 9.82. The molecule has 0 aliphatic heterocycles. The fraction of sp³-hybridized carbons (Fsp3) is 0.200. The Kier molecular flexibility index (Phi) is 1.57. The number of hydrogen-bond donors (Lipinski definition) is 3. The van der Waals surface area contributed by atoms with E-state index in [-0.39, 0.29) is 17.9 Å². The SMILES string of the molecule is OC1=CC(O)=C2C=CC=CC2(O)C1. The molecule has 0 saturated carbocycles. The zero-order valence-corrected chi connectivity index (χ0v) is 6.94. The molecule has 0 fully saturated rings. The topological polar surface area (TPSA) is 60.7 Å². The van der Waals surface area contributed by atoms with Crippen LogP contribution in [0.4, 0.5) is 0 Å². The summed E-state index contributed by atoms with van der Waals surface area (Å²) in [6.45, 7) is 0. The molecule has 0 radical (unpaired) electrons. The van der Waals surface area contributed by atoms with Gasteiger partial charge in [0.1, 0.15) is 11.4 Å². The monoisotopic (exact) mass is 178 g/mol. The van der Waals surface area contributed by atoms with Crippen LogP contribution in [0.25, 0.3) is 0 Å². The Morgan fingerprint density at radius 1 is 1.23 bits per heavy atom. The Bertz CT molecular complexity index is 360. The normalized spacial score (nSPS) is 31.6. The lowest BCUT2D eigenvalue weighted by Gasteiger charge is -2.30. The minimum Gasteiger partial charge on any atom is -0.512 e. The maximum atomic E-state index is 9.98. The van der Waals surface area contributed by atoms with Gasteiger partial charge in [-0.2, -0.15) is 0 Å². The molecule has 0 aromatic carbocycles. The van der Waals surface area contributed by atoms with E-state index in [2.05, 4.69) is 0 Å². The lowest BCUT2D eigenvalue weighted by Crippen LogP contribution is -2.32. The maximum absolute atomic E-state index is 9.98. The summed E-state index contributed by atoms with van der Waals surface area (Å²) in [5.41, 5.74) is -0.801. The van der Waals surface area contributed by atoms with Gasteiger partial charge in [-0.25, -0.2) is 0 Å². The van der Waals surface area contributed by atoms with E-state index >= 15 is 0 Å². The minimum atomic E-state index is -1.24. The molecule has 0 bridgehead atoms. The Hall–Kier alpha value is -1.48. The van der Waals surface area contributed by atoms with E-state index in [1.54, 1.807) is 24.3 Å². The quantitative estimate of drug-likeness (QED) is 0.526. The van der Waals surface area contributed by atoms with Crippen molar-refractivity contribution >= 4 is 0 Å². The van der Waals surface area contributed by atoms with Gasteiger partial charge >= 0.3 is 0 Å². The van der Waals surface area contributed by atoms with E-state index in [4.69, 9.17) is 0 Å². The van der Waals surface area contributed by atoms with E-state index in [9.17, 15) is 15.3 Å². The third-order valence-electron chi connectivity index (χ3n) is 2.24. The predicted molar refractivity (Wildman–Crippen MR) is 48.2 cm³/mol. The van der Waals surface area contributed by atoms with Crippen LogP contribution in [0.2, 0.25) is 0 Å². The smallest absolute Gasteiger partial charge is 0.125 e. The molecule has 13 heavy (non-hydrogen) atoms. The summed E-state index contributed by atoms with van der Waals surface area (Å²) in [6, 6.07) is 0. The number of rotatable bonds is 0. The number of fused-ring (bicyclic) bond motifs is 1. The van der Waals surface area contributed by atoms with Crippen molar-refractivity contribution in [1.82, 2.24) is 0 Å². The minimum absolute atomic E-state index is 0.0105. The summed E-state index contributed by atoms with van der Waals surface area (Å²) in [5, 5.41) is 28.6. The van der Waals surface area contributed by atoms with Crippen molar-refractivity contribution in [3.8, 4) is 0 Å². The van der Waals surface area contributed by atoms with Gasteiger partial charge in [0.25, 0.3) is 0 Å². The summed E-state index contributed by atoms with van der Waals surface area (Å²) in [5.74, 6) is -0.0875. The summed E-state index contributed by atoms with van der Waals surface area (Å²) < 4.78 is 0. The predicted octanol–water partition coefficient (Wildman–Crippen LogP) is 1.50. The summed E-state index contributed by atoms with van der Waals surface area (Å²) in [6.07, 6.45) is 7.99. The third-order valence-corrected chi connectivity index (χ3v) is 2.24. The van der Waals surface area contributed by atoms with Crippen LogP contribution in [0.5, 0.6) is 0 Å². The van der Waals surface area contributed by atoms with Crippen LogP contribution in [0, 0.1) is 0 Å². The standard InChI is InChI=1S/C10H10O3/c11-7-5-9(12)8-3-1-2-4-10(8,13)6-7/h1-5,11-13H,6H2. The molecule has 2 rings (SSSR count). The van der Waals surface area contributed by atoms with E-state index < -0.39 is 5.60 Å². The fourth-order valence-corrected chi connectivity index (χ4v) is 1.62. The van der Waals surface area contributed by atoms with Crippen LogP contribution >= 0.6 is 0 Å². The van der Waals surface area contributed by atoms with Crippen LogP contribution in [0.3, 0.4) is 0 Å². The summed E-state index contributed by atoms with van der Waals surface area (Å²) in [4.78, 5) is 0. The maximum Gasteiger partial charge on any atom is 0.125 e. The first-order chi connectivity index (χ1) is 6.12. The van der Waals surface area contributed by atoms with Gasteiger partial charge in [0, 0.05) is 18.1 Å². The highest BCUT2D eigenvalue weighted by Gasteiger charge is 2.35. The van der Waals surface area contributed by atoms with Gasteiger partial charge in [-0.05, 0) is 6.08 Å². The highest BCUT2D eigenvalue weighted by molar-refractivity contribution is 5.48. The van der Waals surface area contributed by atoms with Crippen molar-refractivity contribution in [3.05, 3.63) is 47.5 Å². The van der Waals surface area contributed by atoms with Crippen LogP contribution in [-0.2, 0) is 0 Å². The summed E-state index contributed by atoms with van der Waals surface area (Å²) in [7, 11) is 0. The number of hydrogen-bond acceptors (Lipinski definition) is 3. The second-order valence-electron chi connectivity index (χ2n) is 3.25.